The Kier molecular flexibility index (Phi) is 3.96. The van der Waals surface area contributed by atoms with Crippen molar-refractivity contribution in [2.75, 3.05) is 0 Å². The molecule has 1 rings (SSSR count). The van der Waals surface area contributed by atoms with E-state index in [1.165, 1.54) is 0 Å². The maximum absolute atomic E-state index is 9.83. The van der Waals surface area contributed by atoms with Gasteiger partial charge in [-0.3, -0.25) is 0 Å². The third-order valence-corrected chi connectivity index (χ3v) is 2.35. The molecule has 1 aromatic rings. The van der Waals surface area contributed by atoms with Gasteiger partial charge in [-0.2, -0.15) is 0 Å². The van der Waals surface area contributed by atoms with Crippen LogP contribution in [-0.4, -0.2) is 20.8 Å². The lowest BCUT2D eigenvalue weighted by Gasteiger charge is -2.22. The van der Waals surface area contributed by atoms with Crippen LogP contribution in [0.15, 0.2) is 18.7 Å². The van der Waals surface area contributed by atoms with E-state index in [0.717, 1.165) is 19.3 Å². The van der Waals surface area contributed by atoms with Gasteiger partial charge in [0, 0.05) is 12.4 Å². The van der Waals surface area contributed by atoms with Gasteiger partial charge < -0.3 is 9.67 Å². The summed E-state index contributed by atoms with van der Waals surface area (Å²) in [5, 5.41) is 9.83. The zero-order valence-corrected chi connectivity index (χ0v) is 8.35. The molecule has 0 saturated heterocycles. The molecule has 3 nitrogen and oxygen atoms in total. The summed E-state index contributed by atoms with van der Waals surface area (Å²) in [4.78, 5) is 3.99. The molecule has 1 N–H and O–H groups in total. The van der Waals surface area contributed by atoms with Crippen molar-refractivity contribution in [3.63, 3.8) is 0 Å². The Bertz CT molecular complexity index is 221. The standard InChI is InChI=1S/C10H18N2O/c1-3-5-10(13)9(4-2)12-7-6-11-8-12/h6-10,13H,3-5H2,1-2H3. The second-order valence-corrected chi connectivity index (χ2v) is 3.34. The number of hydrogen-bond donors (Lipinski definition) is 1. The lowest BCUT2D eigenvalue weighted by molar-refractivity contribution is 0.100. The Labute approximate surface area is 79.4 Å². The monoisotopic (exact) mass is 182 g/mol. The van der Waals surface area contributed by atoms with Gasteiger partial charge in [0.15, 0.2) is 0 Å². The van der Waals surface area contributed by atoms with Gasteiger partial charge in [0.1, 0.15) is 0 Å². The van der Waals surface area contributed by atoms with Gasteiger partial charge in [0.05, 0.1) is 18.5 Å². The predicted molar refractivity (Wildman–Crippen MR) is 52.5 cm³/mol. The third-order valence-electron chi connectivity index (χ3n) is 2.35. The summed E-state index contributed by atoms with van der Waals surface area (Å²) in [6.07, 6.45) is 8.01. The Morgan fingerprint density at radius 1 is 1.46 bits per heavy atom. The molecule has 13 heavy (non-hydrogen) atoms. The van der Waals surface area contributed by atoms with E-state index in [1.807, 2.05) is 10.8 Å². The molecular weight excluding hydrogens is 164 g/mol. The number of aromatic nitrogens is 2. The smallest absolute Gasteiger partial charge is 0.0949 e. The molecule has 0 aliphatic carbocycles. The molecule has 0 saturated carbocycles. The van der Waals surface area contributed by atoms with Crippen LogP contribution in [0.25, 0.3) is 0 Å². The van der Waals surface area contributed by atoms with E-state index in [1.54, 1.807) is 12.5 Å². The zero-order chi connectivity index (χ0) is 9.68. The Balaban J connectivity index is 2.62. The molecule has 0 spiro atoms. The van der Waals surface area contributed by atoms with E-state index in [4.69, 9.17) is 0 Å². The highest BCUT2D eigenvalue weighted by Gasteiger charge is 2.17. The predicted octanol–water partition coefficient (Wildman–Crippen LogP) is 2.00. The number of nitrogens with zero attached hydrogens (tertiary/aromatic N) is 2. The molecule has 0 aliphatic rings. The molecule has 0 bridgehead atoms. The van der Waals surface area contributed by atoms with Gasteiger partial charge >= 0.3 is 0 Å². The van der Waals surface area contributed by atoms with Crippen LogP contribution < -0.4 is 0 Å². The minimum Gasteiger partial charge on any atom is -0.391 e. The van der Waals surface area contributed by atoms with Crippen LogP contribution in [0.4, 0.5) is 0 Å². The normalized spacial score (nSPS) is 15.6. The number of aliphatic hydroxyl groups excluding tert-OH is 1. The molecule has 0 aliphatic heterocycles. The fourth-order valence-corrected chi connectivity index (χ4v) is 1.64. The summed E-state index contributed by atoms with van der Waals surface area (Å²) in [6, 6.07) is 0.183. The van der Waals surface area contributed by atoms with E-state index < -0.39 is 0 Å². The summed E-state index contributed by atoms with van der Waals surface area (Å²) in [5.74, 6) is 0. The zero-order valence-electron chi connectivity index (χ0n) is 8.35. The average Bonchev–Trinajstić information content (AvgIpc) is 2.59. The van der Waals surface area contributed by atoms with Crippen molar-refractivity contribution < 1.29 is 5.11 Å². The van der Waals surface area contributed by atoms with Gasteiger partial charge in [-0.1, -0.05) is 20.3 Å². The number of imidazole rings is 1. The van der Waals surface area contributed by atoms with E-state index in [2.05, 4.69) is 18.8 Å². The first-order valence-corrected chi connectivity index (χ1v) is 4.95. The summed E-state index contributed by atoms with van der Waals surface area (Å²) < 4.78 is 1.99. The fraction of sp³-hybridized carbons (Fsp3) is 0.700. The second-order valence-electron chi connectivity index (χ2n) is 3.34. The second kappa shape index (κ2) is 5.02. The van der Waals surface area contributed by atoms with Gasteiger partial charge in [0.2, 0.25) is 0 Å². The van der Waals surface area contributed by atoms with E-state index in [9.17, 15) is 5.11 Å². The van der Waals surface area contributed by atoms with Gasteiger partial charge in [-0.05, 0) is 12.8 Å². The molecule has 0 radical (unpaired) electrons. The molecule has 2 atom stereocenters. The van der Waals surface area contributed by atoms with Crippen LogP contribution in [0.3, 0.4) is 0 Å². The van der Waals surface area contributed by atoms with Crippen molar-refractivity contribution in [3.8, 4) is 0 Å². The highest BCUT2D eigenvalue weighted by atomic mass is 16.3. The molecule has 2 unspecified atom stereocenters. The highest BCUT2D eigenvalue weighted by molar-refractivity contribution is 4.83. The molecule has 1 aromatic heterocycles. The van der Waals surface area contributed by atoms with Gasteiger partial charge in [-0.25, -0.2) is 4.98 Å². The summed E-state index contributed by atoms with van der Waals surface area (Å²) in [6.45, 7) is 4.17. The van der Waals surface area contributed by atoms with Crippen LogP contribution in [-0.2, 0) is 0 Å². The molecule has 3 heteroatoms. The first-order valence-electron chi connectivity index (χ1n) is 4.95. The van der Waals surface area contributed by atoms with Crippen molar-refractivity contribution in [1.82, 2.24) is 9.55 Å². The maximum Gasteiger partial charge on any atom is 0.0949 e. The maximum atomic E-state index is 9.83. The number of aliphatic hydroxyl groups is 1. The summed E-state index contributed by atoms with van der Waals surface area (Å²) in [5.41, 5.74) is 0. The van der Waals surface area contributed by atoms with Crippen LogP contribution in [0, 0.1) is 0 Å². The molecular formula is C10H18N2O. The largest absolute Gasteiger partial charge is 0.391 e. The van der Waals surface area contributed by atoms with Crippen LogP contribution >= 0.6 is 0 Å². The summed E-state index contributed by atoms with van der Waals surface area (Å²) >= 11 is 0. The Hall–Kier alpha value is -0.830. The van der Waals surface area contributed by atoms with Crippen molar-refractivity contribution in [3.05, 3.63) is 18.7 Å². The van der Waals surface area contributed by atoms with Crippen molar-refractivity contribution >= 4 is 0 Å². The average molecular weight is 182 g/mol. The minimum atomic E-state index is -0.246. The van der Waals surface area contributed by atoms with Crippen LogP contribution in [0.5, 0.6) is 0 Å². The lowest BCUT2D eigenvalue weighted by Crippen LogP contribution is -2.22. The van der Waals surface area contributed by atoms with Crippen LogP contribution in [0.2, 0.25) is 0 Å². The lowest BCUT2D eigenvalue weighted by atomic mass is 10.0. The topological polar surface area (TPSA) is 38.0 Å². The van der Waals surface area contributed by atoms with Crippen molar-refractivity contribution in [1.29, 1.82) is 0 Å². The molecule has 74 valence electrons. The summed E-state index contributed by atoms with van der Waals surface area (Å²) in [7, 11) is 0. The Morgan fingerprint density at radius 2 is 2.23 bits per heavy atom. The minimum absolute atomic E-state index is 0.183. The first-order chi connectivity index (χ1) is 6.29. The van der Waals surface area contributed by atoms with E-state index >= 15 is 0 Å². The molecule has 0 amide bonds. The van der Waals surface area contributed by atoms with Crippen LogP contribution in [0.1, 0.15) is 39.2 Å². The number of hydrogen-bond acceptors (Lipinski definition) is 2. The van der Waals surface area contributed by atoms with E-state index in [0.29, 0.717) is 0 Å². The third kappa shape index (κ3) is 2.56. The van der Waals surface area contributed by atoms with Crippen molar-refractivity contribution in [2.45, 2.75) is 45.3 Å². The quantitative estimate of drug-likeness (QED) is 0.756. The van der Waals surface area contributed by atoms with Gasteiger partial charge in [-0.15, -0.1) is 0 Å². The fourth-order valence-electron chi connectivity index (χ4n) is 1.64. The highest BCUT2D eigenvalue weighted by Crippen LogP contribution is 2.18. The SMILES string of the molecule is CCCC(O)C(CC)n1ccnc1. The Morgan fingerprint density at radius 3 is 2.69 bits per heavy atom. The number of rotatable bonds is 5. The molecule has 0 aromatic carbocycles. The van der Waals surface area contributed by atoms with Crippen molar-refractivity contribution in [2.24, 2.45) is 0 Å². The first kappa shape index (κ1) is 10.3. The molecule has 0 fully saturated rings. The van der Waals surface area contributed by atoms with Gasteiger partial charge in [0.25, 0.3) is 0 Å². The molecule has 1 heterocycles. The van der Waals surface area contributed by atoms with E-state index in [-0.39, 0.29) is 12.1 Å².